The van der Waals surface area contributed by atoms with E-state index in [0.29, 0.717) is 6.61 Å². The van der Waals surface area contributed by atoms with Crippen LogP contribution in [0.2, 0.25) is 0 Å². The summed E-state index contributed by atoms with van der Waals surface area (Å²) in [6.45, 7) is 9.22. The monoisotopic (exact) mass is 220 g/mol. The number of nitrogens with two attached hydrogens (primary N) is 1. The minimum Gasteiger partial charge on any atom is -0.377 e. The van der Waals surface area contributed by atoms with Crippen LogP contribution in [0.15, 0.2) is 0 Å². The van der Waals surface area contributed by atoms with E-state index in [1.54, 1.807) is 0 Å². The zero-order valence-electron chi connectivity index (χ0n) is 9.75. The highest BCUT2D eigenvalue weighted by atomic mass is 32.2. The Kier molecular flexibility index (Phi) is 8.67. The van der Waals surface area contributed by atoms with Gasteiger partial charge in [0.05, 0.1) is 18.8 Å². The molecule has 0 heterocycles. The van der Waals surface area contributed by atoms with Gasteiger partial charge < -0.3 is 4.74 Å². The van der Waals surface area contributed by atoms with Crippen molar-refractivity contribution in [3.05, 3.63) is 0 Å². The maximum atomic E-state index is 5.50. The van der Waals surface area contributed by atoms with Crippen LogP contribution in [-0.2, 0) is 4.74 Å². The van der Waals surface area contributed by atoms with E-state index in [2.05, 4.69) is 19.3 Å². The van der Waals surface area contributed by atoms with E-state index < -0.39 is 0 Å². The maximum absolute atomic E-state index is 5.50. The predicted octanol–water partition coefficient (Wildman–Crippen LogP) is 1.63. The van der Waals surface area contributed by atoms with Gasteiger partial charge in [-0.2, -0.15) is 11.8 Å². The number of hydrazine groups is 1. The third-order valence-electron chi connectivity index (χ3n) is 1.64. The molecular weight excluding hydrogens is 196 g/mol. The Hall–Kier alpha value is 0.230. The molecule has 0 aliphatic rings. The lowest BCUT2D eigenvalue weighted by Gasteiger charge is -2.17. The molecule has 0 aliphatic carbocycles. The fourth-order valence-corrected chi connectivity index (χ4v) is 1.98. The third kappa shape index (κ3) is 8.81. The van der Waals surface area contributed by atoms with Gasteiger partial charge in [0.25, 0.3) is 0 Å². The Balaban J connectivity index is 3.48. The molecule has 4 heteroatoms. The van der Waals surface area contributed by atoms with Crippen LogP contribution in [0.5, 0.6) is 0 Å². The summed E-state index contributed by atoms with van der Waals surface area (Å²) in [4.78, 5) is 0. The van der Waals surface area contributed by atoms with Crippen molar-refractivity contribution in [2.75, 3.05) is 18.1 Å². The van der Waals surface area contributed by atoms with Crippen LogP contribution in [-0.4, -0.2) is 30.3 Å². The van der Waals surface area contributed by atoms with Gasteiger partial charge in [0.1, 0.15) is 0 Å². The summed E-state index contributed by atoms with van der Waals surface area (Å²) in [5.41, 5.74) is 2.79. The van der Waals surface area contributed by atoms with Crippen molar-refractivity contribution in [2.45, 2.75) is 39.8 Å². The molecule has 0 rings (SSSR count). The van der Waals surface area contributed by atoms with E-state index in [1.165, 1.54) is 5.75 Å². The Bertz CT molecular complexity index is 131. The Labute approximate surface area is 92.1 Å². The predicted molar refractivity (Wildman–Crippen MR) is 64.4 cm³/mol. The summed E-state index contributed by atoms with van der Waals surface area (Å²) in [5, 5.41) is 0. The van der Waals surface area contributed by atoms with Crippen LogP contribution in [0.1, 0.15) is 27.7 Å². The zero-order chi connectivity index (χ0) is 11.0. The number of thioether (sulfide) groups is 1. The van der Waals surface area contributed by atoms with E-state index >= 15 is 0 Å². The standard InChI is InChI=1S/C10H24N2OS/c1-8(2)6-14-7-10(12-11)5-13-9(3)4/h8-10,12H,5-7,11H2,1-4H3. The van der Waals surface area contributed by atoms with Gasteiger partial charge in [-0.15, -0.1) is 0 Å². The smallest absolute Gasteiger partial charge is 0.0644 e. The number of ether oxygens (including phenoxy) is 1. The molecule has 1 unspecified atom stereocenters. The van der Waals surface area contributed by atoms with Crippen LogP contribution in [0.25, 0.3) is 0 Å². The normalized spacial score (nSPS) is 13.9. The lowest BCUT2D eigenvalue weighted by molar-refractivity contribution is 0.0655. The first kappa shape index (κ1) is 14.2. The molecule has 1 atom stereocenters. The molecule has 14 heavy (non-hydrogen) atoms. The molecule has 0 spiro atoms. The fraction of sp³-hybridized carbons (Fsp3) is 1.00. The Morgan fingerprint density at radius 2 is 1.86 bits per heavy atom. The average Bonchev–Trinajstić information content (AvgIpc) is 2.10. The van der Waals surface area contributed by atoms with Gasteiger partial charge >= 0.3 is 0 Å². The van der Waals surface area contributed by atoms with E-state index in [9.17, 15) is 0 Å². The highest BCUT2D eigenvalue weighted by Crippen LogP contribution is 2.09. The van der Waals surface area contributed by atoms with E-state index in [1.807, 2.05) is 25.6 Å². The molecule has 0 radical (unpaired) electrons. The Morgan fingerprint density at radius 3 is 2.29 bits per heavy atom. The van der Waals surface area contributed by atoms with Crippen molar-refractivity contribution in [3.63, 3.8) is 0 Å². The second-order valence-electron chi connectivity index (χ2n) is 4.18. The second-order valence-corrected chi connectivity index (χ2v) is 5.25. The van der Waals surface area contributed by atoms with Crippen LogP contribution < -0.4 is 11.3 Å². The van der Waals surface area contributed by atoms with Gasteiger partial charge in [0.2, 0.25) is 0 Å². The van der Waals surface area contributed by atoms with E-state index in [0.717, 1.165) is 11.7 Å². The highest BCUT2D eigenvalue weighted by Gasteiger charge is 2.08. The second kappa shape index (κ2) is 8.53. The van der Waals surface area contributed by atoms with Crippen LogP contribution in [0, 0.1) is 5.92 Å². The average molecular weight is 220 g/mol. The summed E-state index contributed by atoms with van der Waals surface area (Å²) in [7, 11) is 0. The molecule has 0 fully saturated rings. The number of nitrogens with one attached hydrogen (secondary N) is 1. The molecule has 0 amide bonds. The van der Waals surface area contributed by atoms with Gasteiger partial charge in [-0.25, -0.2) is 0 Å². The topological polar surface area (TPSA) is 47.3 Å². The van der Waals surface area contributed by atoms with Crippen molar-refractivity contribution in [3.8, 4) is 0 Å². The minimum atomic E-state index is 0.265. The SMILES string of the molecule is CC(C)CSCC(COC(C)C)NN. The van der Waals surface area contributed by atoms with Crippen molar-refractivity contribution >= 4 is 11.8 Å². The third-order valence-corrected chi connectivity index (χ3v) is 3.18. The minimum absolute atomic E-state index is 0.265. The number of hydrogen-bond donors (Lipinski definition) is 2. The molecule has 3 N–H and O–H groups in total. The highest BCUT2D eigenvalue weighted by molar-refractivity contribution is 7.99. The first-order chi connectivity index (χ1) is 6.56. The molecule has 86 valence electrons. The van der Waals surface area contributed by atoms with Crippen molar-refractivity contribution in [1.82, 2.24) is 5.43 Å². The first-order valence-electron chi connectivity index (χ1n) is 5.21. The molecule has 0 aliphatic heterocycles. The first-order valence-corrected chi connectivity index (χ1v) is 6.37. The zero-order valence-corrected chi connectivity index (χ0v) is 10.6. The molecule has 0 aromatic heterocycles. The van der Waals surface area contributed by atoms with Crippen molar-refractivity contribution in [1.29, 1.82) is 0 Å². The van der Waals surface area contributed by atoms with Gasteiger partial charge in [-0.1, -0.05) is 13.8 Å². The van der Waals surface area contributed by atoms with Crippen LogP contribution in [0.3, 0.4) is 0 Å². The molecule has 3 nitrogen and oxygen atoms in total. The van der Waals surface area contributed by atoms with Crippen molar-refractivity contribution in [2.24, 2.45) is 11.8 Å². The molecular formula is C10H24N2OS. The van der Waals surface area contributed by atoms with Crippen LogP contribution in [0.4, 0.5) is 0 Å². The molecule has 0 saturated carbocycles. The Morgan fingerprint density at radius 1 is 1.21 bits per heavy atom. The summed E-state index contributed by atoms with van der Waals surface area (Å²) in [6, 6.07) is 0.265. The molecule has 0 aromatic carbocycles. The summed E-state index contributed by atoms with van der Waals surface area (Å²) < 4.78 is 5.50. The molecule has 0 saturated heterocycles. The molecule has 0 bridgehead atoms. The van der Waals surface area contributed by atoms with Gasteiger partial charge in [0, 0.05) is 5.75 Å². The summed E-state index contributed by atoms with van der Waals surface area (Å²) in [5.74, 6) is 8.37. The van der Waals surface area contributed by atoms with E-state index in [-0.39, 0.29) is 12.1 Å². The number of rotatable bonds is 8. The van der Waals surface area contributed by atoms with Crippen molar-refractivity contribution < 1.29 is 4.74 Å². The molecule has 0 aromatic rings. The lowest BCUT2D eigenvalue weighted by Crippen LogP contribution is -2.41. The lowest BCUT2D eigenvalue weighted by atomic mass is 10.3. The van der Waals surface area contributed by atoms with Gasteiger partial charge in [0.15, 0.2) is 0 Å². The van der Waals surface area contributed by atoms with Gasteiger partial charge in [-0.3, -0.25) is 11.3 Å². The quantitative estimate of drug-likeness (QED) is 0.482. The fourth-order valence-electron chi connectivity index (χ4n) is 0.899. The maximum Gasteiger partial charge on any atom is 0.0644 e. The number of hydrogen-bond acceptors (Lipinski definition) is 4. The van der Waals surface area contributed by atoms with E-state index in [4.69, 9.17) is 10.6 Å². The summed E-state index contributed by atoms with van der Waals surface area (Å²) in [6.07, 6.45) is 0.279. The van der Waals surface area contributed by atoms with Gasteiger partial charge in [-0.05, 0) is 25.5 Å². The largest absolute Gasteiger partial charge is 0.377 e. The van der Waals surface area contributed by atoms with Crippen LogP contribution >= 0.6 is 11.8 Å². The summed E-state index contributed by atoms with van der Waals surface area (Å²) >= 11 is 1.92.